The molecule has 1 aliphatic rings. The van der Waals surface area contributed by atoms with Crippen molar-refractivity contribution in [3.8, 4) is 0 Å². The predicted octanol–water partition coefficient (Wildman–Crippen LogP) is 4.13. The van der Waals surface area contributed by atoms with E-state index >= 15 is 0 Å². The van der Waals surface area contributed by atoms with E-state index in [-0.39, 0.29) is 11.7 Å². The van der Waals surface area contributed by atoms with Gasteiger partial charge in [-0.3, -0.25) is 10.1 Å². The maximum Gasteiger partial charge on any atom is 0.322 e. The number of benzene rings is 2. The molecule has 2 heterocycles. The molecule has 0 bridgehead atoms. The molecule has 0 saturated carbocycles. The van der Waals surface area contributed by atoms with Gasteiger partial charge in [0.15, 0.2) is 10.7 Å². The quantitative estimate of drug-likeness (QED) is 0.560. The van der Waals surface area contributed by atoms with Crippen molar-refractivity contribution in [3.63, 3.8) is 0 Å². The fourth-order valence-corrected chi connectivity index (χ4v) is 4.17. The molecule has 1 saturated heterocycles. The number of piperazine rings is 1. The van der Waals surface area contributed by atoms with Gasteiger partial charge in [0.25, 0.3) is 5.91 Å². The van der Waals surface area contributed by atoms with Crippen LogP contribution in [0.5, 0.6) is 0 Å². The molecule has 1 fully saturated rings. The van der Waals surface area contributed by atoms with Crippen LogP contribution in [0.2, 0.25) is 10.0 Å². The van der Waals surface area contributed by atoms with Gasteiger partial charge in [-0.1, -0.05) is 45.9 Å². The summed E-state index contributed by atoms with van der Waals surface area (Å²) in [5.74, 6) is -0.408. The van der Waals surface area contributed by atoms with Crippen molar-refractivity contribution in [1.29, 1.82) is 0 Å². The molecule has 3 aromatic rings. The SMILES string of the molecule is O=C(NCc1ccc(Cl)cc1)c1nnsc1NC(=O)N1CCN(c2cccc(Cl)c2)CC1. The van der Waals surface area contributed by atoms with Crippen molar-refractivity contribution in [2.75, 3.05) is 36.4 Å². The topological polar surface area (TPSA) is 90.5 Å². The molecule has 32 heavy (non-hydrogen) atoms. The maximum absolute atomic E-state index is 12.7. The summed E-state index contributed by atoms with van der Waals surface area (Å²) in [6.45, 7) is 2.77. The summed E-state index contributed by atoms with van der Waals surface area (Å²) < 4.78 is 3.83. The highest BCUT2D eigenvalue weighted by Gasteiger charge is 2.24. The smallest absolute Gasteiger partial charge is 0.322 e. The Morgan fingerprint density at radius 1 is 1.00 bits per heavy atom. The number of hydrogen-bond acceptors (Lipinski definition) is 6. The van der Waals surface area contributed by atoms with Gasteiger partial charge in [-0.05, 0) is 35.9 Å². The molecule has 0 atom stereocenters. The number of rotatable bonds is 5. The van der Waals surface area contributed by atoms with E-state index in [1.165, 1.54) is 0 Å². The number of nitrogens with one attached hydrogen (secondary N) is 2. The normalized spacial score (nSPS) is 13.7. The van der Waals surface area contributed by atoms with Crippen molar-refractivity contribution in [3.05, 3.63) is 69.8 Å². The maximum atomic E-state index is 12.7. The number of nitrogens with zero attached hydrogens (tertiary/aromatic N) is 4. The van der Waals surface area contributed by atoms with Crippen LogP contribution in [0.3, 0.4) is 0 Å². The Morgan fingerprint density at radius 2 is 1.75 bits per heavy atom. The molecule has 0 spiro atoms. The minimum Gasteiger partial charge on any atom is -0.368 e. The molecule has 3 amide bonds. The Morgan fingerprint density at radius 3 is 2.47 bits per heavy atom. The Kier molecular flexibility index (Phi) is 7.09. The zero-order valence-corrected chi connectivity index (χ0v) is 19.3. The van der Waals surface area contributed by atoms with Gasteiger partial charge in [0, 0.05) is 60.0 Å². The molecule has 166 valence electrons. The zero-order valence-electron chi connectivity index (χ0n) is 16.9. The number of anilines is 2. The summed E-state index contributed by atoms with van der Waals surface area (Å²) in [6.07, 6.45) is 0. The molecule has 2 aromatic carbocycles. The second-order valence-electron chi connectivity index (χ2n) is 7.14. The molecule has 0 radical (unpaired) electrons. The number of carbonyl (C=O) groups excluding carboxylic acids is 2. The van der Waals surface area contributed by atoms with Crippen LogP contribution < -0.4 is 15.5 Å². The standard InChI is InChI=1S/C21H20Cl2N6O2S/c22-15-6-4-14(5-7-15)13-24-19(30)18-20(32-27-26-18)25-21(31)29-10-8-28(9-11-29)17-3-1-2-16(23)12-17/h1-7,12H,8-11,13H2,(H,24,30)(H,25,31). The highest BCUT2D eigenvalue weighted by molar-refractivity contribution is 7.10. The van der Waals surface area contributed by atoms with Gasteiger partial charge in [-0.2, -0.15) is 0 Å². The fraction of sp³-hybridized carbons (Fsp3) is 0.238. The van der Waals surface area contributed by atoms with Crippen LogP contribution in [0.15, 0.2) is 48.5 Å². The van der Waals surface area contributed by atoms with Crippen LogP contribution in [0.1, 0.15) is 16.1 Å². The van der Waals surface area contributed by atoms with Crippen LogP contribution in [0.4, 0.5) is 15.5 Å². The van der Waals surface area contributed by atoms with Crippen molar-refractivity contribution < 1.29 is 9.59 Å². The summed E-state index contributed by atoms with van der Waals surface area (Å²) in [5.41, 5.74) is 2.02. The van der Waals surface area contributed by atoms with Crippen molar-refractivity contribution in [1.82, 2.24) is 19.8 Å². The van der Waals surface area contributed by atoms with E-state index in [0.717, 1.165) is 22.8 Å². The third-order valence-electron chi connectivity index (χ3n) is 5.03. The molecule has 1 aromatic heterocycles. The lowest BCUT2D eigenvalue weighted by Crippen LogP contribution is -2.50. The minimum absolute atomic E-state index is 0.0925. The van der Waals surface area contributed by atoms with Gasteiger partial charge >= 0.3 is 6.03 Å². The molecule has 8 nitrogen and oxygen atoms in total. The number of carbonyl (C=O) groups is 2. The molecular formula is C21H20Cl2N6O2S. The first-order chi connectivity index (χ1) is 15.5. The Hall–Kier alpha value is -2.88. The van der Waals surface area contributed by atoms with E-state index < -0.39 is 5.91 Å². The number of aromatic nitrogens is 2. The molecule has 1 aliphatic heterocycles. The van der Waals surface area contributed by atoms with Gasteiger partial charge in [0.2, 0.25) is 0 Å². The average Bonchev–Trinajstić information content (AvgIpc) is 3.27. The first kappa shape index (κ1) is 22.3. The fourth-order valence-electron chi connectivity index (χ4n) is 3.31. The van der Waals surface area contributed by atoms with Gasteiger partial charge in [0.05, 0.1) is 0 Å². The van der Waals surface area contributed by atoms with Crippen molar-refractivity contribution in [2.45, 2.75) is 6.54 Å². The number of urea groups is 1. The molecule has 11 heteroatoms. The molecule has 2 N–H and O–H groups in total. The molecule has 0 aliphatic carbocycles. The largest absolute Gasteiger partial charge is 0.368 e. The monoisotopic (exact) mass is 490 g/mol. The van der Waals surface area contributed by atoms with Gasteiger partial charge in [-0.15, -0.1) is 5.10 Å². The number of halogens is 2. The Balaban J connectivity index is 1.31. The Labute approximate surface area is 199 Å². The first-order valence-corrected chi connectivity index (χ1v) is 11.4. The molecule has 4 rings (SSSR count). The lowest BCUT2D eigenvalue weighted by Gasteiger charge is -2.36. The van der Waals surface area contributed by atoms with Crippen molar-refractivity contribution in [2.24, 2.45) is 0 Å². The Bertz CT molecular complexity index is 1100. The molecule has 0 unspecified atom stereocenters. The zero-order chi connectivity index (χ0) is 22.5. The highest BCUT2D eigenvalue weighted by Crippen LogP contribution is 2.22. The summed E-state index contributed by atoms with van der Waals surface area (Å²) in [7, 11) is 0. The first-order valence-electron chi connectivity index (χ1n) is 9.91. The lowest BCUT2D eigenvalue weighted by molar-refractivity contribution is 0.0946. The van der Waals surface area contributed by atoms with Crippen LogP contribution >= 0.6 is 34.7 Å². The average molecular weight is 491 g/mol. The third kappa shape index (κ3) is 5.48. The highest BCUT2D eigenvalue weighted by atomic mass is 35.5. The summed E-state index contributed by atoms with van der Waals surface area (Å²) in [6, 6.07) is 14.5. The minimum atomic E-state index is -0.408. The summed E-state index contributed by atoms with van der Waals surface area (Å²) in [4.78, 5) is 29.2. The van der Waals surface area contributed by atoms with Crippen LogP contribution in [0.25, 0.3) is 0 Å². The van der Waals surface area contributed by atoms with Gasteiger partial charge < -0.3 is 15.1 Å². The van der Waals surface area contributed by atoms with E-state index in [4.69, 9.17) is 23.2 Å². The third-order valence-corrected chi connectivity index (χ3v) is 6.16. The van der Waals surface area contributed by atoms with E-state index in [9.17, 15) is 9.59 Å². The molecular weight excluding hydrogens is 471 g/mol. The lowest BCUT2D eigenvalue weighted by atomic mass is 10.2. The van der Waals surface area contributed by atoms with E-state index in [1.807, 2.05) is 36.4 Å². The van der Waals surface area contributed by atoms with E-state index in [1.54, 1.807) is 17.0 Å². The predicted molar refractivity (Wildman–Crippen MR) is 127 cm³/mol. The van der Waals surface area contributed by atoms with Gasteiger partial charge in [0.1, 0.15) is 0 Å². The second kappa shape index (κ2) is 10.2. The van der Waals surface area contributed by atoms with E-state index in [2.05, 4.69) is 25.1 Å². The van der Waals surface area contributed by atoms with Crippen molar-refractivity contribution >= 4 is 57.4 Å². The van der Waals surface area contributed by atoms with Gasteiger partial charge in [-0.25, -0.2) is 4.79 Å². The van der Waals surface area contributed by atoms with Crippen LogP contribution in [-0.4, -0.2) is 52.6 Å². The second-order valence-corrected chi connectivity index (χ2v) is 8.77. The summed E-state index contributed by atoms with van der Waals surface area (Å²) in [5, 5.41) is 11.1. The van der Waals surface area contributed by atoms with Crippen LogP contribution in [0, 0.1) is 0 Å². The van der Waals surface area contributed by atoms with Crippen LogP contribution in [-0.2, 0) is 6.54 Å². The van der Waals surface area contributed by atoms with E-state index in [0.29, 0.717) is 47.8 Å². The number of amides is 3. The summed E-state index contributed by atoms with van der Waals surface area (Å²) >= 11 is 12.9. The number of hydrogen-bond donors (Lipinski definition) is 2.